The van der Waals surface area contributed by atoms with E-state index in [-0.39, 0.29) is 0 Å². The molecule has 0 spiro atoms. The molecular formula is C10H13ClN3OS+. The van der Waals surface area contributed by atoms with Gasteiger partial charge >= 0.3 is 6.19 Å². The third-order valence-electron chi connectivity index (χ3n) is 2.30. The largest absolute Gasteiger partial charge is 0.468 e. The van der Waals surface area contributed by atoms with Crippen LogP contribution in [0.5, 0.6) is 0 Å². The van der Waals surface area contributed by atoms with Crippen LogP contribution >= 0.6 is 11.6 Å². The molecule has 0 saturated heterocycles. The minimum absolute atomic E-state index is 0.405. The highest BCUT2D eigenvalue weighted by atomic mass is 35.5. The summed E-state index contributed by atoms with van der Waals surface area (Å²) in [6.45, 7) is 3.70. The number of hydrogen-bond acceptors (Lipinski definition) is 2. The Balaban J connectivity index is 3.27. The van der Waals surface area contributed by atoms with E-state index in [4.69, 9.17) is 16.9 Å². The molecule has 1 rings (SSSR count). The zero-order valence-electron chi connectivity index (χ0n) is 9.31. The standard InChI is InChI=1S/C10H12ClN3OS/c1-10(2,14(7-12)16(3)15)8-4-5-9(11)13-6-8/h4-6H,1-3H3/p+1. The SMILES string of the molecule is CS(O)=[N+](C#N)C(C)(C)c1ccc(Cl)nc1. The Morgan fingerprint density at radius 2 is 2.19 bits per heavy atom. The summed E-state index contributed by atoms with van der Waals surface area (Å²) in [5.41, 5.74) is 0.214. The van der Waals surface area contributed by atoms with Gasteiger partial charge < -0.3 is 4.55 Å². The van der Waals surface area contributed by atoms with Crippen LogP contribution in [0.15, 0.2) is 18.3 Å². The van der Waals surface area contributed by atoms with Crippen molar-refractivity contribution >= 4 is 22.6 Å². The molecule has 0 aliphatic rings. The van der Waals surface area contributed by atoms with E-state index in [0.717, 1.165) is 5.56 Å². The highest BCUT2D eigenvalue weighted by molar-refractivity contribution is 7.78. The quantitative estimate of drug-likeness (QED) is 0.383. The maximum Gasteiger partial charge on any atom is 0.468 e. The lowest BCUT2D eigenvalue weighted by Crippen LogP contribution is -2.32. The average Bonchev–Trinajstić information content (AvgIpc) is 2.18. The number of nitrogens with zero attached hydrogens (tertiary/aromatic N) is 3. The van der Waals surface area contributed by atoms with Crippen LogP contribution in [0.3, 0.4) is 0 Å². The topological polar surface area (TPSA) is 59.9 Å². The molecule has 1 aromatic rings. The van der Waals surface area contributed by atoms with Gasteiger partial charge in [-0.15, -0.1) is 3.95 Å². The van der Waals surface area contributed by atoms with Crippen molar-refractivity contribution in [3.8, 4) is 6.19 Å². The summed E-state index contributed by atoms with van der Waals surface area (Å²) in [7, 11) is -1.12. The zero-order chi connectivity index (χ0) is 12.3. The van der Waals surface area contributed by atoms with Gasteiger partial charge in [0, 0.05) is 18.0 Å². The molecule has 6 heteroatoms. The first-order chi connectivity index (χ1) is 7.39. The Morgan fingerprint density at radius 3 is 2.56 bits per heavy atom. The second-order valence-electron chi connectivity index (χ2n) is 3.77. The van der Waals surface area contributed by atoms with E-state index in [9.17, 15) is 4.55 Å². The Morgan fingerprint density at radius 1 is 1.56 bits per heavy atom. The van der Waals surface area contributed by atoms with E-state index >= 15 is 0 Å². The van der Waals surface area contributed by atoms with Gasteiger partial charge in [0.2, 0.25) is 0 Å². The van der Waals surface area contributed by atoms with E-state index in [1.807, 2.05) is 20.0 Å². The predicted molar refractivity (Wildman–Crippen MR) is 64.1 cm³/mol. The molecule has 0 amide bonds. The molecule has 1 heterocycles. The van der Waals surface area contributed by atoms with Gasteiger partial charge in [-0.05, 0) is 26.0 Å². The first kappa shape index (κ1) is 13.1. The molecule has 0 radical (unpaired) electrons. The van der Waals surface area contributed by atoms with Crippen molar-refractivity contribution in [2.45, 2.75) is 19.4 Å². The molecule has 1 N–H and O–H groups in total. The van der Waals surface area contributed by atoms with Crippen LogP contribution in [-0.4, -0.2) is 19.7 Å². The molecular weight excluding hydrogens is 246 g/mol. The zero-order valence-corrected chi connectivity index (χ0v) is 10.9. The van der Waals surface area contributed by atoms with Crippen molar-refractivity contribution in [2.24, 2.45) is 0 Å². The molecule has 16 heavy (non-hydrogen) atoms. The van der Waals surface area contributed by atoms with Gasteiger partial charge in [0.05, 0.1) is 0 Å². The fourth-order valence-corrected chi connectivity index (χ4v) is 2.37. The fraction of sp³-hybridized carbons (Fsp3) is 0.400. The van der Waals surface area contributed by atoms with E-state index in [2.05, 4.69) is 4.98 Å². The number of aromatic nitrogens is 1. The van der Waals surface area contributed by atoms with Crippen molar-refractivity contribution in [3.05, 3.63) is 29.0 Å². The van der Waals surface area contributed by atoms with Crippen LogP contribution < -0.4 is 0 Å². The summed E-state index contributed by atoms with van der Waals surface area (Å²) < 4.78 is 10.9. The molecule has 0 fully saturated rings. The van der Waals surface area contributed by atoms with Gasteiger partial charge in [-0.2, -0.15) is 0 Å². The normalized spacial score (nSPS) is 14.1. The van der Waals surface area contributed by atoms with Crippen molar-refractivity contribution in [1.82, 2.24) is 4.98 Å². The lowest BCUT2D eigenvalue weighted by Gasteiger charge is -2.21. The van der Waals surface area contributed by atoms with E-state index in [1.54, 1.807) is 24.6 Å². The van der Waals surface area contributed by atoms with Crippen LogP contribution in [0.2, 0.25) is 5.15 Å². The smallest absolute Gasteiger partial charge is 0.306 e. The van der Waals surface area contributed by atoms with Gasteiger partial charge in [-0.3, -0.25) is 0 Å². The van der Waals surface area contributed by atoms with Crippen molar-refractivity contribution in [2.75, 3.05) is 6.26 Å². The predicted octanol–water partition coefficient (Wildman–Crippen LogP) is 2.37. The molecule has 1 unspecified atom stereocenters. The lowest BCUT2D eigenvalue weighted by atomic mass is 9.96. The molecule has 4 nitrogen and oxygen atoms in total. The first-order valence-electron chi connectivity index (χ1n) is 4.56. The maximum atomic E-state index is 9.55. The number of rotatable bonds is 2. The van der Waals surface area contributed by atoms with E-state index in [0.29, 0.717) is 5.15 Å². The average molecular weight is 259 g/mol. The third-order valence-corrected chi connectivity index (χ3v) is 3.59. The minimum atomic E-state index is -1.12. The molecule has 0 aliphatic heterocycles. The second-order valence-corrected chi connectivity index (χ2v) is 5.42. The fourth-order valence-electron chi connectivity index (χ4n) is 1.37. The van der Waals surface area contributed by atoms with Crippen LogP contribution in [0.4, 0.5) is 0 Å². The molecule has 0 saturated carbocycles. The van der Waals surface area contributed by atoms with Gasteiger partial charge in [-0.25, -0.2) is 4.98 Å². The van der Waals surface area contributed by atoms with Gasteiger partial charge in [0.1, 0.15) is 16.1 Å². The molecule has 86 valence electrons. The Kier molecular flexibility index (Phi) is 4.03. The van der Waals surface area contributed by atoms with Gasteiger partial charge in [0.25, 0.3) is 0 Å². The lowest BCUT2D eigenvalue weighted by molar-refractivity contribution is -0.512. The van der Waals surface area contributed by atoms with E-state index < -0.39 is 16.5 Å². The summed E-state index contributed by atoms with van der Waals surface area (Å²) in [6, 6.07) is 3.46. The second kappa shape index (κ2) is 4.91. The monoisotopic (exact) mass is 258 g/mol. The number of nitriles is 1. The molecule has 0 aliphatic carbocycles. The van der Waals surface area contributed by atoms with Gasteiger partial charge in [-0.1, -0.05) is 11.6 Å². The molecule has 1 atom stereocenters. The number of hydrogen-bond donors (Lipinski definition) is 1. The Labute approximate surface area is 102 Å². The number of pyridine rings is 1. The molecule has 0 bridgehead atoms. The summed E-state index contributed by atoms with van der Waals surface area (Å²) in [5, 5.41) is 9.43. The van der Waals surface area contributed by atoms with E-state index in [1.165, 1.54) is 3.95 Å². The Hall–Kier alpha value is -0.960. The van der Waals surface area contributed by atoms with Crippen molar-refractivity contribution in [3.63, 3.8) is 0 Å². The van der Waals surface area contributed by atoms with Crippen LogP contribution in [-0.2, 0) is 16.5 Å². The van der Waals surface area contributed by atoms with Crippen molar-refractivity contribution < 1.29 is 8.50 Å². The van der Waals surface area contributed by atoms with Crippen LogP contribution in [0.1, 0.15) is 19.4 Å². The summed E-state index contributed by atoms with van der Waals surface area (Å²) in [6.07, 6.45) is 5.18. The van der Waals surface area contributed by atoms with Gasteiger partial charge in [0.15, 0.2) is 10.8 Å². The molecule has 0 aromatic carbocycles. The third kappa shape index (κ3) is 2.59. The first-order valence-corrected chi connectivity index (χ1v) is 6.49. The molecule has 1 aromatic heterocycles. The Bertz CT molecular complexity index is 458. The summed E-state index contributed by atoms with van der Waals surface area (Å²) in [5.74, 6) is 0. The van der Waals surface area contributed by atoms with Crippen molar-refractivity contribution in [1.29, 1.82) is 5.26 Å². The van der Waals surface area contributed by atoms with Crippen LogP contribution in [0, 0.1) is 11.5 Å². The highest BCUT2D eigenvalue weighted by Gasteiger charge is 2.32. The summed E-state index contributed by atoms with van der Waals surface area (Å²) in [4.78, 5) is 3.97. The highest BCUT2D eigenvalue weighted by Crippen LogP contribution is 2.24. The maximum absolute atomic E-state index is 9.55. The summed E-state index contributed by atoms with van der Waals surface area (Å²) >= 11 is 5.70. The number of halogens is 1. The van der Waals surface area contributed by atoms with Crippen LogP contribution in [0.25, 0.3) is 0 Å². The minimum Gasteiger partial charge on any atom is -0.306 e.